The first-order valence-electron chi connectivity index (χ1n) is 10.8. The maximum Gasteiger partial charge on any atom is 0.268 e. The second kappa shape index (κ2) is 10.4. The van der Waals surface area contributed by atoms with Crippen LogP contribution in [-0.2, 0) is 13.1 Å². The highest BCUT2D eigenvalue weighted by atomic mass is 35.5. The minimum Gasteiger partial charge on any atom is -0.489 e. The molecule has 0 bridgehead atoms. The number of aryl methyl sites for hydroxylation is 1. The van der Waals surface area contributed by atoms with Gasteiger partial charge in [0.25, 0.3) is 5.91 Å². The molecule has 2 N–H and O–H groups in total. The largest absolute Gasteiger partial charge is 0.489 e. The number of hydrogen-bond acceptors (Lipinski definition) is 5. The fraction of sp³-hybridized carbons (Fsp3) is 0.280. The van der Waals surface area contributed by atoms with Crippen LogP contribution in [0.2, 0.25) is 5.02 Å². The molecule has 0 saturated carbocycles. The van der Waals surface area contributed by atoms with Gasteiger partial charge in [-0.05, 0) is 62.4 Å². The van der Waals surface area contributed by atoms with Gasteiger partial charge in [-0.1, -0.05) is 23.7 Å². The molecule has 1 amide bonds. The summed E-state index contributed by atoms with van der Waals surface area (Å²) in [7, 11) is 2.07. The molecule has 2 heterocycles. The standard InChI is InChI=1S/C25H27ClN4O2S/c1-16(11-27-25(31)24-17(2)22-10-19(26)7-8-23(22)29-24)32-21-6-4-5-18(9-21)12-30(3)13-20-14-33-15-28-20/h4-10,14-16,29H,11-13H2,1-3H3,(H,27,31)/t16-/m1/s1. The van der Waals surface area contributed by atoms with E-state index in [-0.39, 0.29) is 12.0 Å². The Balaban J connectivity index is 1.31. The smallest absolute Gasteiger partial charge is 0.268 e. The van der Waals surface area contributed by atoms with Crippen LogP contribution in [0.4, 0.5) is 0 Å². The Labute approximate surface area is 202 Å². The highest BCUT2D eigenvalue weighted by Gasteiger charge is 2.16. The molecular formula is C25H27ClN4O2S. The van der Waals surface area contributed by atoms with E-state index in [9.17, 15) is 4.79 Å². The third kappa shape index (κ3) is 5.93. The average Bonchev–Trinajstić information content (AvgIpc) is 3.40. The lowest BCUT2D eigenvalue weighted by atomic mass is 10.1. The van der Waals surface area contributed by atoms with Crippen LogP contribution < -0.4 is 10.1 Å². The van der Waals surface area contributed by atoms with Gasteiger partial charge in [-0.3, -0.25) is 9.69 Å². The van der Waals surface area contributed by atoms with E-state index in [2.05, 4.69) is 38.7 Å². The van der Waals surface area contributed by atoms with Crippen molar-refractivity contribution in [1.82, 2.24) is 20.2 Å². The van der Waals surface area contributed by atoms with Crippen LogP contribution in [0.5, 0.6) is 5.75 Å². The SMILES string of the molecule is Cc1c(C(=O)NC[C@@H](C)Oc2cccc(CN(C)Cc3cscn3)c2)[nH]c2ccc(Cl)cc12. The van der Waals surface area contributed by atoms with E-state index in [0.717, 1.165) is 46.6 Å². The Hall–Kier alpha value is -2.87. The predicted octanol–water partition coefficient (Wildman–Crippen LogP) is 5.42. The summed E-state index contributed by atoms with van der Waals surface area (Å²) in [6.07, 6.45) is -0.184. The number of rotatable bonds is 9. The zero-order valence-electron chi connectivity index (χ0n) is 18.9. The van der Waals surface area contributed by atoms with Crippen LogP contribution in [0.3, 0.4) is 0 Å². The highest BCUT2D eigenvalue weighted by molar-refractivity contribution is 7.07. The van der Waals surface area contributed by atoms with Crippen molar-refractivity contribution in [3.8, 4) is 5.75 Å². The molecule has 4 aromatic rings. The van der Waals surface area contributed by atoms with Gasteiger partial charge in [0.1, 0.15) is 17.5 Å². The Morgan fingerprint density at radius 2 is 2.12 bits per heavy atom. The topological polar surface area (TPSA) is 70.2 Å². The van der Waals surface area contributed by atoms with Gasteiger partial charge in [0.15, 0.2) is 0 Å². The Morgan fingerprint density at radius 1 is 1.27 bits per heavy atom. The van der Waals surface area contributed by atoms with Crippen LogP contribution in [0.25, 0.3) is 10.9 Å². The summed E-state index contributed by atoms with van der Waals surface area (Å²) >= 11 is 7.70. The number of thiazole rings is 1. The van der Waals surface area contributed by atoms with Crippen molar-refractivity contribution in [2.75, 3.05) is 13.6 Å². The lowest BCUT2D eigenvalue weighted by Gasteiger charge is -2.18. The quantitative estimate of drug-likeness (QED) is 0.334. The van der Waals surface area contributed by atoms with Crippen molar-refractivity contribution < 1.29 is 9.53 Å². The molecule has 2 aromatic heterocycles. The molecule has 0 fully saturated rings. The fourth-order valence-corrected chi connectivity index (χ4v) is 4.52. The van der Waals surface area contributed by atoms with Gasteiger partial charge in [0.2, 0.25) is 0 Å². The molecule has 2 aromatic carbocycles. The molecule has 0 aliphatic heterocycles. The maximum absolute atomic E-state index is 12.7. The Bertz CT molecular complexity index is 1240. The van der Waals surface area contributed by atoms with Crippen LogP contribution in [0, 0.1) is 6.92 Å². The number of aromatic amines is 1. The number of hydrogen-bond donors (Lipinski definition) is 2. The molecule has 0 unspecified atom stereocenters. The second-order valence-electron chi connectivity index (χ2n) is 8.25. The first-order chi connectivity index (χ1) is 15.9. The normalized spacial score (nSPS) is 12.3. The summed E-state index contributed by atoms with van der Waals surface area (Å²) in [6, 6.07) is 13.6. The van der Waals surface area contributed by atoms with Crippen molar-refractivity contribution in [2.24, 2.45) is 0 Å². The van der Waals surface area contributed by atoms with Crippen molar-refractivity contribution in [2.45, 2.75) is 33.0 Å². The van der Waals surface area contributed by atoms with Crippen molar-refractivity contribution in [3.05, 3.63) is 80.9 Å². The molecule has 0 radical (unpaired) electrons. The molecule has 8 heteroatoms. The number of nitrogens with zero attached hydrogens (tertiary/aromatic N) is 2. The van der Waals surface area contributed by atoms with Crippen LogP contribution in [0.1, 0.15) is 34.2 Å². The van der Waals surface area contributed by atoms with E-state index < -0.39 is 0 Å². The Kier molecular flexibility index (Phi) is 7.33. The molecular weight excluding hydrogens is 456 g/mol. The molecule has 0 spiro atoms. The highest BCUT2D eigenvalue weighted by Crippen LogP contribution is 2.25. The molecule has 0 aliphatic rings. The summed E-state index contributed by atoms with van der Waals surface area (Å²) in [5.41, 5.74) is 6.41. The number of aromatic nitrogens is 2. The summed E-state index contributed by atoms with van der Waals surface area (Å²) in [4.78, 5) is 22.5. The van der Waals surface area contributed by atoms with Crippen molar-refractivity contribution in [1.29, 1.82) is 0 Å². The molecule has 0 saturated heterocycles. The van der Waals surface area contributed by atoms with Gasteiger partial charge in [0.05, 0.1) is 17.7 Å². The maximum atomic E-state index is 12.7. The monoisotopic (exact) mass is 482 g/mol. The third-order valence-electron chi connectivity index (χ3n) is 5.40. The first kappa shape index (κ1) is 23.3. The van der Waals surface area contributed by atoms with Gasteiger partial charge in [-0.2, -0.15) is 0 Å². The number of amides is 1. The minimum absolute atomic E-state index is 0.160. The van der Waals surface area contributed by atoms with Crippen LogP contribution >= 0.6 is 22.9 Å². The molecule has 33 heavy (non-hydrogen) atoms. The van der Waals surface area contributed by atoms with E-state index in [0.29, 0.717) is 17.3 Å². The van der Waals surface area contributed by atoms with Crippen LogP contribution in [-0.4, -0.2) is 40.5 Å². The Morgan fingerprint density at radius 3 is 2.91 bits per heavy atom. The first-order valence-corrected chi connectivity index (χ1v) is 12.1. The van der Waals surface area contributed by atoms with E-state index in [4.69, 9.17) is 16.3 Å². The van der Waals surface area contributed by atoms with Gasteiger partial charge in [-0.25, -0.2) is 4.98 Å². The van der Waals surface area contributed by atoms with Crippen LogP contribution in [0.15, 0.2) is 53.4 Å². The summed E-state index contributed by atoms with van der Waals surface area (Å²) in [5.74, 6) is 0.625. The lowest BCUT2D eigenvalue weighted by Crippen LogP contribution is -2.34. The average molecular weight is 483 g/mol. The summed E-state index contributed by atoms with van der Waals surface area (Å²) < 4.78 is 6.06. The number of benzene rings is 2. The second-order valence-corrected chi connectivity index (χ2v) is 9.41. The fourth-order valence-electron chi connectivity index (χ4n) is 3.80. The number of H-pyrrole nitrogens is 1. The summed E-state index contributed by atoms with van der Waals surface area (Å²) in [6.45, 7) is 5.85. The third-order valence-corrected chi connectivity index (χ3v) is 6.27. The van der Waals surface area contributed by atoms with E-state index >= 15 is 0 Å². The number of carbonyl (C=O) groups excluding carboxylic acids is 1. The van der Waals surface area contributed by atoms with E-state index in [1.807, 2.05) is 55.8 Å². The van der Waals surface area contributed by atoms with Crippen molar-refractivity contribution >= 4 is 39.7 Å². The van der Waals surface area contributed by atoms with Gasteiger partial charge < -0.3 is 15.0 Å². The molecule has 1 atom stereocenters. The molecule has 4 rings (SSSR count). The lowest BCUT2D eigenvalue weighted by molar-refractivity contribution is 0.0927. The van der Waals surface area contributed by atoms with Crippen molar-refractivity contribution in [3.63, 3.8) is 0 Å². The predicted molar refractivity (Wildman–Crippen MR) is 134 cm³/mol. The zero-order chi connectivity index (χ0) is 23.4. The molecule has 6 nitrogen and oxygen atoms in total. The van der Waals surface area contributed by atoms with Gasteiger partial charge in [-0.15, -0.1) is 11.3 Å². The van der Waals surface area contributed by atoms with Gasteiger partial charge >= 0.3 is 0 Å². The molecule has 172 valence electrons. The molecule has 0 aliphatic carbocycles. The number of halogens is 1. The van der Waals surface area contributed by atoms with Gasteiger partial charge in [0, 0.05) is 34.4 Å². The van der Waals surface area contributed by atoms with E-state index in [1.165, 1.54) is 0 Å². The number of nitrogens with one attached hydrogen (secondary N) is 2. The minimum atomic E-state index is -0.184. The number of ether oxygens (including phenoxy) is 1. The number of carbonyl (C=O) groups is 1. The zero-order valence-corrected chi connectivity index (χ0v) is 20.5. The van der Waals surface area contributed by atoms with E-state index in [1.54, 1.807) is 11.3 Å². The summed E-state index contributed by atoms with van der Waals surface area (Å²) in [5, 5.41) is 6.63. The number of fused-ring (bicyclic) bond motifs is 1.